The van der Waals surface area contributed by atoms with Crippen molar-refractivity contribution in [1.82, 2.24) is 19.8 Å². The number of carbonyl (C=O) groups is 1. The topological polar surface area (TPSA) is 70.4 Å². The third kappa shape index (κ3) is 3.58. The van der Waals surface area contributed by atoms with Crippen molar-refractivity contribution in [3.63, 3.8) is 0 Å². The quantitative estimate of drug-likeness (QED) is 0.782. The Bertz CT molecular complexity index is 446. The van der Waals surface area contributed by atoms with Gasteiger partial charge in [0.1, 0.15) is 5.82 Å². The molecule has 1 fully saturated rings. The van der Waals surface area contributed by atoms with Gasteiger partial charge in [-0.1, -0.05) is 6.92 Å². The van der Waals surface area contributed by atoms with Gasteiger partial charge in [-0.2, -0.15) is 0 Å². The number of carbonyl (C=O) groups excluding carboxylic acids is 1. The lowest BCUT2D eigenvalue weighted by Gasteiger charge is -2.16. The maximum Gasteiger partial charge on any atom is 0.220 e. The minimum atomic E-state index is -0.429. The number of likely N-dealkylation sites (tertiary alicyclic amines) is 1. The van der Waals surface area contributed by atoms with Gasteiger partial charge in [-0.05, 0) is 6.42 Å². The van der Waals surface area contributed by atoms with E-state index < -0.39 is 6.10 Å². The summed E-state index contributed by atoms with van der Waals surface area (Å²) in [4.78, 5) is 18.0. The van der Waals surface area contributed by atoms with Crippen LogP contribution in [0.25, 0.3) is 0 Å². The molecule has 2 N–H and O–H groups in total. The number of imidazole rings is 1. The van der Waals surface area contributed by atoms with Crippen LogP contribution >= 0.6 is 0 Å². The smallest absolute Gasteiger partial charge is 0.220 e. The molecule has 0 aromatic carbocycles. The minimum absolute atomic E-state index is 0.0108. The van der Waals surface area contributed by atoms with Gasteiger partial charge in [0.15, 0.2) is 0 Å². The van der Waals surface area contributed by atoms with Crippen LogP contribution in [0.5, 0.6) is 0 Å². The van der Waals surface area contributed by atoms with Gasteiger partial charge >= 0.3 is 0 Å². The number of aliphatic hydroxyl groups is 1. The molecule has 1 aromatic heterocycles. The molecule has 6 heteroatoms. The molecule has 1 amide bonds. The average molecular weight is 280 g/mol. The molecule has 1 aliphatic rings. The van der Waals surface area contributed by atoms with E-state index >= 15 is 0 Å². The summed E-state index contributed by atoms with van der Waals surface area (Å²) in [5, 5.41) is 12.7. The molecule has 0 unspecified atom stereocenters. The van der Waals surface area contributed by atoms with Crippen LogP contribution in [0.1, 0.15) is 25.6 Å². The van der Waals surface area contributed by atoms with Crippen LogP contribution in [-0.4, -0.2) is 51.7 Å². The van der Waals surface area contributed by atoms with Crippen molar-refractivity contribution in [3.05, 3.63) is 18.2 Å². The number of aliphatic hydroxyl groups excluding tert-OH is 1. The van der Waals surface area contributed by atoms with Gasteiger partial charge in [0.05, 0.1) is 12.6 Å². The molecule has 112 valence electrons. The second-order valence-corrected chi connectivity index (χ2v) is 5.44. The standard InChI is InChI=1S/C14H24N4O2/c1-3-5-18-6-4-16-13(18)10-17-8-11(12(19)9-17)7-14(20)15-2/h4,6,11-12,19H,3,5,7-10H2,1-2H3,(H,15,20)/t11-,12-/m0/s1. The van der Waals surface area contributed by atoms with E-state index in [0.29, 0.717) is 13.0 Å². The number of nitrogens with one attached hydrogen (secondary N) is 1. The van der Waals surface area contributed by atoms with Crippen LogP contribution in [0.15, 0.2) is 12.4 Å². The monoisotopic (exact) mass is 280 g/mol. The predicted octanol–water partition coefficient (Wildman–Crippen LogP) is 0.222. The van der Waals surface area contributed by atoms with Crippen molar-refractivity contribution in [1.29, 1.82) is 0 Å². The molecule has 2 atom stereocenters. The molecule has 2 heterocycles. The molecule has 6 nitrogen and oxygen atoms in total. The Balaban J connectivity index is 1.91. The Morgan fingerprint density at radius 1 is 1.55 bits per heavy atom. The first-order valence-electron chi connectivity index (χ1n) is 7.25. The predicted molar refractivity (Wildman–Crippen MR) is 76.0 cm³/mol. The maximum atomic E-state index is 11.4. The van der Waals surface area contributed by atoms with E-state index in [1.54, 1.807) is 7.05 Å². The Morgan fingerprint density at radius 3 is 3.05 bits per heavy atom. The second kappa shape index (κ2) is 6.85. The van der Waals surface area contributed by atoms with Gasteiger partial charge in [0, 0.05) is 51.4 Å². The highest BCUT2D eigenvalue weighted by atomic mass is 16.3. The Labute approximate surface area is 119 Å². The van der Waals surface area contributed by atoms with Crippen molar-refractivity contribution in [2.45, 2.75) is 39.0 Å². The first-order valence-corrected chi connectivity index (χ1v) is 7.25. The van der Waals surface area contributed by atoms with Gasteiger partial charge in [-0.3, -0.25) is 9.69 Å². The van der Waals surface area contributed by atoms with E-state index in [0.717, 1.165) is 31.9 Å². The highest BCUT2D eigenvalue weighted by molar-refractivity contribution is 5.75. The molecule has 2 rings (SSSR count). The molecule has 0 aliphatic carbocycles. The van der Waals surface area contributed by atoms with Crippen molar-refractivity contribution in [2.24, 2.45) is 5.92 Å². The maximum absolute atomic E-state index is 11.4. The molecule has 1 saturated heterocycles. The van der Waals surface area contributed by atoms with Crippen molar-refractivity contribution in [3.8, 4) is 0 Å². The molecule has 0 radical (unpaired) electrons. The summed E-state index contributed by atoms with van der Waals surface area (Å²) >= 11 is 0. The molecule has 20 heavy (non-hydrogen) atoms. The third-order valence-corrected chi connectivity index (χ3v) is 3.84. The summed E-state index contributed by atoms with van der Waals surface area (Å²) in [7, 11) is 1.63. The van der Waals surface area contributed by atoms with Gasteiger partial charge in [0.2, 0.25) is 5.91 Å². The second-order valence-electron chi connectivity index (χ2n) is 5.44. The van der Waals surface area contributed by atoms with Crippen LogP contribution in [0, 0.1) is 5.92 Å². The summed E-state index contributed by atoms with van der Waals surface area (Å²) in [6.45, 7) is 5.19. The molecule has 0 bridgehead atoms. The fraction of sp³-hybridized carbons (Fsp3) is 0.714. The fourth-order valence-corrected chi connectivity index (χ4v) is 2.75. The largest absolute Gasteiger partial charge is 0.391 e. The zero-order valence-corrected chi connectivity index (χ0v) is 12.2. The van der Waals surface area contributed by atoms with Gasteiger partial charge in [0.25, 0.3) is 0 Å². The van der Waals surface area contributed by atoms with E-state index in [9.17, 15) is 9.90 Å². The lowest BCUT2D eigenvalue weighted by atomic mass is 10.0. The SMILES string of the molecule is CCCn1ccnc1CN1C[C@H](CC(=O)NC)[C@@H](O)C1. The normalized spacial score (nSPS) is 23.1. The number of hydrogen-bond donors (Lipinski definition) is 2. The van der Waals surface area contributed by atoms with E-state index in [1.807, 2.05) is 12.4 Å². The number of amides is 1. The number of hydrogen-bond acceptors (Lipinski definition) is 4. The molecule has 0 spiro atoms. The third-order valence-electron chi connectivity index (χ3n) is 3.84. The highest BCUT2D eigenvalue weighted by Gasteiger charge is 2.32. The Morgan fingerprint density at radius 2 is 2.35 bits per heavy atom. The van der Waals surface area contributed by atoms with E-state index in [4.69, 9.17) is 0 Å². The summed E-state index contributed by atoms with van der Waals surface area (Å²) in [6, 6.07) is 0. The number of nitrogens with zero attached hydrogens (tertiary/aromatic N) is 3. The zero-order valence-electron chi connectivity index (χ0n) is 12.2. The van der Waals surface area contributed by atoms with Gasteiger partial charge in [-0.25, -0.2) is 4.98 Å². The zero-order chi connectivity index (χ0) is 14.5. The van der Waals surface area contributed by atoms with Crippen molar-refractivity contribution in [2.75, 3.05) is 20.1 Å². The molecular weight excluding hydrogens is 256 g/mol. The summed E-state index contributed by atoms with van der Waals surface area (Å²) in [6.07, 6.45) is 4.84. The lowest BCUT2D eigenvalue weighted by Crippen LogP contribution is -2.27. The first kappa shape index (κ1) is 15.0. The molecule has 0 saturated carbocycles. The summed E-state index contributed by atoms with van der Waals surface area (Å²) < 4.78 is 2.15. The summed E-state index contributed by atoms with van der Waals surface area (Å²) in [5.41, 5.74) is 0. The first-order chi connectivity index (χ1) is 9.63. The molecular formula is C14H24N4O2. The van der Waals surface area contributed by atoms with E-state index in [2.05, 4.69) is 26.7 Å². The van der Waals surface area contributed by atoms with Crippen molar-refractivity contribution < 1.29 is 9.90 Å². The number of β-amino-alcohol motifs (C(OH)–C–C–N with tert-alkyl or cyclic N) is 1. The number of aromatic nitrogens is 2. The fourth-order valence-electron chi connectivity index (χ4n) is 2.75. The van der Waals surface area contributed by atoms with Crippen LogP contribution in [-0.2, 0) is 17.9 Å². The number of aryl methyl sites for hydroxylation is 1. The van der Waals surface area contributed by atoms with E-state index in [-0.39, 0.29) is 11.8 Å². The molecule has 1 aliphatic heterocycles. The van der Waals surface area contributed by atoms with Crippen LogP contribution in [0.2, 0.25) is 0 Å². The van der Waals surface area contributed by atoms with Gasteiger partial charge in [-0.15, -0.1) is 0 Å². The summed E-state index contributed by atoms with van der Waals surface area (Å²) in [5.74, 6) is 1.03. The lowest BCUT2D eigenvalue weighted by molar-refractivity contribution is -0.122. The Hall–Kier alpha value is -1.40. The number of rotatable bonds is 6. The molecule has 1 aromatic rings. The minimum Gasteiger partial charge on any atom is -0.391 e. The highest BCUT2D eigenvalue weighted by Crippen LogP contribution is 2.21. The average Bonchev–Trinajstić information content (AvgIpc) is 2.98. The van der Waals surface area contributed by atoms with Crippen molar-refractivity contribution >= 4 is 5.91 Å². The Kier molecular flexibility index (Phi) is 5.14. The van der Waals surface area contributed by atoms with E-state index in [1.165, 1.54) is 0 Å². The van der Waals surface area contributed by atoms with Gasteiger partial charge < -0.3 is 15.0 Å². The van der Waals surface area contributed by atoms with Crippen LogP contribution in [0.4, 0.5) is 0 Å². The van der Waals surface area contributed by atoms with Crippen LogP contribution in [0.3, 0.4) is 0 Å². The van der Waals surface area contributed by atoms with Crippen LogP contribution < -0.4 is 5.32 Å².